The number of nitriles is 1. The molecule has 0 aliphatic carbocycles. The fraction of sp³-hybridized carbons (Fsp3) is 0.571. The summed E-state index contributed by atoms with van der Waals surface area (Å²) in [7, 11) is 0. The summed E-state index contributed by atoms with van der Waals surface area (Å²) in [5.74, 6) is 1.80. The third-order valence-electron chi connectivity index (χ3n) is 3.94. The van der Waals surface area contributed by atoms with Crippen molar-refractivity contribution in [2.24, 2.45) is 11.8 Å². The number of nitrogens with zero attached hydrogens (tertiary/aromatic N) is 2. The van der Waals surface area contributed by atoms with E-state index in [0.717, 1.165) is 26.1 Å². The van der Waals surface area contributed by atoms with E-state index in [1.54, 1.807) is 12.1 Å². The summed E-state index contributed by atoms with van der Waals surface area (Å²) in [5.41, 5.74) is 0.552. The summed E-state index contributed by atoms with van der Waals surface area (Å²) in [6.45, 7) is 3.54. The molecule has 1 aromatic rings. The molecule has 2 saturated heterocycles. The highest BCUT2D eigenvalue weighted by Crippen LogP contribution is 2.31. The Kier molecular flexibility index (Phi) is 3.62. The molecule has 0 saturated carbocycles. The topological polar surface area (TPSA) is 67.2 Å². The Labute approximate surface area is 112 Å². The average Bonchev–Trinajstić information content (AvgIpc) is 3.04. The Morgan fingerprint density at radius 3 is 3.21 bits per heavy atom. The summed E-state index contributed by atoms with van der Waals surface area (Å²) in [6, 6.07) is 5.50. The first-order valence-corrected chi connectivity index (χ1v) is 6.68. The van der Waals surface area contributed by atoms with Crippen molar-refractivity contribution in [2.75, 3.05) is 26.3 Å². The van der Waals surface area contributed by atoms with Gasteiger partial charge in [-0.1, -0.05) is 0 Å². The summed E-state index contributed by atoms with van der Waals surface area (Å²) in [4.78, 5) is 4.09. The fourth-order valence-electron chi connectivity index (χ4n) is 2.84. The molecule has 3 heterocycles. The van der Waals surface area contributed by atoms with E-state index in [-0.39, 0.29) is 0 Å². The molecule has 0 amide bonds. The molecule has 1 aromatic heterocycles. The SMILES string of the molecule is N#Cc1ccc(OCC[C@@H]2CO[C@@H]3CNC[C@H]23)nc1. The number of hydrogen-bond acceptors (Lipinski definition) is 5. The van der Waals surface area contributed by atoms with Crippen molar-refractivity contribution in [1.29, 1.82) is 5.26 Å². The predicted octanol–water partition coefficient (Wildman–Crippen LogP) is 0.957. The minimum Gasteiger partial charge on any atom is -0.478 e. The number of hydrogen-bond donors (Lipinski definition) is 1. The average molecular weight is 259 g/mol. The van der Waals surface area contributed by atoms with Gasteiger partial charge >= 0.3 is 0 Å². The van der Waals surface area contributed by atoms with Crippen LogP contribution >= 0.6 is 0 Å². The lowest BCUT2D eigenvalue weighted by Gasteiger charge is -2.15. The van der Waals surface area contributed by atoms with Crippen LogP contribution in [0, 0.1) is 23.2 Å². The fourth-order valence-corrected chi connectivity index (χ4v) is 2.84. The lowest BCUT2D eigenvalue weighted by molar-refractivity contribution is 0.108. The van der Waals surface area contributed by atoms with Gasteiger partial charge in [-0.3, -0.25) is 0 Å². The van der Waals surface area contributed by atoms with Gasteiger partial charge in [0.1, 0.15) is 6.07 Å². The number of aromatic nitrogens is 1. The first-order valence-electron chi connectivity index (χ1n) is 6.68. The van der Waals surface area contributed by atoms with Crippen LogP contribution in [0.5, 0.6) is 5.88 Å². The Morgan fingerprint density at radius 2 is 2.42 bits per heavy atom. The molecular weight excluding hydrogens is 242 g/mol. The van der Waals surface area contributed by atoms with Gasteiger partial charge in [-0.15, -0.1) is 0 Å². The van der Waals surface area contributed by atoms with Crippen molar-refractivity contribution < 1.29 is 9.47 Å². The standard InChI is InChI=1S/C14H17N3O2/c15-5-10-1-2-14(17-6-10)18-4-3-11-9-19-13-8-16-7-12(11)13/h1-2,6,11-13,16H,3-4,7-9H2/t11-,12-,13-/m1/s1. The van der Waals surface area contributed by atoms with Crippen LogP contribution in [-0.4, -0.2) is 37.4 Å². The van der Waals surface area contributed by atoms with Crippen LogP contribution in [0.3, 0.4) is 0 Å². The molecule has 100 valence electrons. The van der Waals surface area contributed by atoms with E-state index in [4.69, 9.17) is 14.7 Å². The molecule has 2 aliphatic rings. The van der Waals surface area contributed by atoms with Gasteiger partial charge in [-0.2, -0.15) is 5.26 Å². The van der Waals surface area contributed by atoms with Gasteiger partial charge in [0.2, 0.25) is 5.88 Å². The molecule has 3 rings (SSSR count). The Balaban J connectivity index is 1.46. The van der Waals surface area contributed by atoms with Gasteiger partial charge in [0.15, 0.2) is 0 Å². The van der Waals surface area contributed by atoms with Crippen molar-refractivity contribution in [2.45, 2.75) is 12.5 Å². The Morgan fingerprint density at radius 1 is 1.47 bits per heavy atom. The van der Waals surface area contributed by atoms with Crippen LogP contribution in [0.25, 0.3) is 0 Å². The molecule has 0 bridgehead atoms. The van der Waals surface area contributed by atoms with Crippen LogP contribution in [0.4, 0.5) is 0 Å². The summed E-state index contributed by atoms with van der Waals surface area (Å²) in [5, 5.41) is 12.1. The molecule has 0 radical (unpaired) electrons. The van der Waals surface area contributed by atoms with Gasteiger partial charge in [0, 0.05) is 31.3 Å². The second-order valence-electron chi connectivity index (χ2n) is 5.09. The molecule has 0 unspecified atom stereocenters. The van der Waals surface area contributed by atoms with Crippen molar-refractivity contribution in [3.63, 3.8) is 0 Å². The molecular formula is C14H17N3O2. The normalized spacial score (nSPS) is 28.9. The van der Waals surface area contributed by atoms with E-state index in [0.29, 0.717) is 36.0 Å². The van der Waals surface area contributed by atoms with E-state index in [1.807, 2.05) is 6.07 Å². The van der Waals surface area contributed by atoms with Crippen molar-refractivity contribution >= 4 is 0 Å². The zero-order chi connectivity index (χ0) is 13.1. The number of fused-ring (bicyclic) bond motifs is 1. The highest BCUT2D eigenvalue weighted by atomic mass is 16.5. The van der Waals surface area contributed by atoms with Crippen LogP contribution < -0.4 is 10.1 Å². The highest BCUT2D eigenvalue weighted by molar-refractivity contribution is 5.28. The summed E-state index contributed by atoms with van der Waals surface area (Å²) < 4.78 is 11.4. The van der Waals surface area contributed by atoms with Gasteiger partial charge in [0.25, 0.3) is 0 Å². The first-order chi connectivity index (χ1) is 9.36. The maximum absolute atomic E-state index is 8.68. The second-order valence-corrected chi connectivity index (χ2v) is 5.09. The second kappa shape index (κ2) is 5.55. The largest absolute Gasteiger partial charge is 0.478 e. The summed E-state index contributed by atoms with van der Waals surface area (Å²) in [6.07, 6.45) is 2.92. The maximum atomic E-state index is 8.68. The minimum absolute atomic E-state index is 0.401. The zero-order valence-electron chi connectivity index (χ0n) is 10.7. The van der Waals surface area contributed by atoms with Crippen LogP contribution in [-0.2, 0) is 4.74 Å². The monoisotopic (exact) mass is 259 g/mol. The number of rotatable bonds is 4. The van der Waals surface area contributed by atoms with E-state index in [9.17, 15) is 0 Å². The van der Waals surface area contributed by atoms with Crippen molar-refractivity contribution in [3.8, 4) is 11.9 Å². The lowest BCUT2D eigenvalue weighted by atomic mass is 9.91. The van der Waals surface area contributed by atoms with Gasteiger partial charge < -0.3 is 14.8 Å². The third kappa shape index (κ3) is 2.70. The highest BCUT2D eigenvalue weighted by Gasteiger charge is 2.39. The molecule has 3 atom stereocenters. The molecule has 2 aliphatic heterocycles. The number of ether oxygens (including phenoxy) is 2. The van der Waals surface area contributed by atoms with Crippen molar-refractivity contribution in [1.82, 2.24) is 10.3 Å². The summed E-state index contributed by atoms with van der Waals surface area (Å²) >= 11 is 0. The van der Waals surface area contributed by atoms with Gasteiger partial charge in [-0.05, 0) is 18.4 Å². The molecule has 0 aromatic carbocycles. The van der Waals surface area contributed by atoms with E-state index < -0.39 is 0 Å². The Bertz CT molecular complexity index is 469. The predicted molar refractivity (Wildman–Crippen MR) is 68.7 cm³/mol. The Hall–Kier alpha value is -1.64. The zero-order valence-corrected chi connectivity index (χ0v) is 10.7. The van der Waals surface area contributed by atoms with Crippen LogP contribution in [0.2, 0.25) is 0 Å². The molecule has 2 fully saturated rings. The van der Waals surface area contributed by atoms with E-state index >= 15 is 0 Å². The smallest absolute Gasteiger partial charge is 0.213 e. The number of pyridine rings is 1. The quantitative estimate of drug-likeness (QED) is 0.872. The first kappa shape index (κ1) is 12.4. The van der Waals surface area contributed by atoms with Crippen molar-refractivity contribution in [3.05, 3.63) is 23.9 Å². The van der Waals surface area contributed by atoms with E-state index in [1.165, 1.54) is 6.20 Å². The molecule has 19 heavy (non-hydrogen) atoms. The van der Waals surface area contributed by atoms with E-state index in [2.05, 4.69) is 10.3 Å². The van der Waals surface area contributed by atoms with Gasteiger partial charge in [0.05, 0.1) is 24.9 Å². The molecule has 5 heteroatoms. The molecule has 5 nitrogen and oxygen atoms in total. The molecule has 0 spiro atoms. The van der Waals surface area contributed by atoms with Crippen LogP contribution in [0.1, 0.15) is 12.0 Å². The maximum Gasteiger partial charge on any atom is 0.213 e. The number of nitrogens with one attached hydrogen (secondary N) is 1. The minimum atomic E-state index is 0.401. The van der Waals surface area contributed by atoms with Crippen LogP contribution in [0.15, 0.2) is 18.3 Å². The third-order valence-corrected chi connectivity index (χ3v) is 3.94. The molecule has 1 N–H and O–H groups in total. The lowest BCUT2D eigenvalue weighted by Crippen LogP contribution is -2.20. The van der Waals surface area contributed by atoms with Gasteiger partial charge in [-0.25, -0.2) is 4.98 Å².